The largest absolute Gasteiger partial charge is 0.399 e. The molecule has 0 bridgehead atoms. The number of nitrogen functional groups attached to an aromatic ring is 1. The van der Waals surface area contributed by atoms with Gasteiger partial charge in [-0.1, -0.05) is 72.8 Å². The van der Waals surface area contributed by atoms with Crippen LogP contribution in [0.5, 0.6) is 0 Å². The summed E-state index contributed by atoms with van der Waals surface area (Å²) in [6, 6.07) is 27.4. The van der Waals surface area contributed by atoms with E-state index in [1.54, 1.807) is 0 Å². The SMILES string of the molecule is N=C1C=CC(=C(c2ccc(N)cc2)c2cc3ccccc3c3ccccc23)C=C1. The van der Waals surface area contributed by atoms with Gasteiger partial charge in [0.1, 0.15) is 0 Å². The van der Waals surface area contributed by atoms with Crippen molar-refractivity contribution in [1.29, 1.82) is 5.41 Å². The molecule has 4 aromatic carbocycles. The van der Waals surface area contributed by atoms with E-state index in [0.29, 0.717) is 5.71 Å². The molecule has 5 rings (SSSR count). The maximum absolute atomic E-state index is 7.88. The summed E-state index contributed by atoms with van der Waals surface area (Å²) in [6.45, 7) is 0. The molecule has 2 nitrogen and oxygen atoms in total. The summed E-state index contributed by atoms with van der Waals surface area (Å²) < 4.78 is 0. The van der Waals surface area contributed by atoms with Gasteiger partial charge >= 0.3 is 0 Å². The Balaban J connectivity index is 1.90. The molecular weight excluding hydrogens is 352 g/mol. The topological polar surface area (TPSA) is 49.9 Å². The lowest BCUT2D eigenvalue weighted by Gasteiger charge is -2.18. The van der Waals surface area contributed by atoms with Gasteiger partial charge in [-0.05, 0) is 74.2 Å². The van der Waals surface area contributed by atoms with E-state index in [4.69, 9.17) is 11.1 Å². The minimum Gasteiger partial charge on any atom is -0.399 e. The number of allylic oxidation sites excluding steroid dienone is 5. The van der Waals surface area contributed by atoms with Crippen molar-refractivity contribution in [2.75, 3.05) is 5.73 Å². The molecule has 0 aliphatic heterocycles. The quantitative estimate of drug-likeness (QED) is 0.305. The first-order chi connectivity index (χ1) is 14.2. The van der Waals surface area contributed by atoms with Crippen LogP contribution in [0.4, 0.5) is 5.69 Å². The number of fused-ring (bicyclic) bond motifs is 3. The molecule has 1 aliphatic carbocycles. The highest BCUT2D eigenvalue weighted by atomic mass is 14.5. The Hall–Kier alpha value is -3.91. The number of hydrogen-bond acceptors (Lipinski definition) is 2. The Morgan fingerprint density at radius 3 is 2.00 bits per heavy atom. The van der Waals surface area contributed by atoms with Crippen molar-refractivity contribution >= 4 is 38.5 Å². The van der Waals surface area contributed by atoms with Crippen molar-refractivity contribution in [3.05, 3.63) is 120 Å². The van der Waals surface area contributed by atoms with Crippen molar-refractivity contribution in [3.63, 3.8) is 0 Å². The van der Waals surface area contributed by atoms with E-state index in [2.05, 4.69) is 66.7 Å². The number of hydrogen-bond donors (Lipinski definition) is 2. The summed E-state index contributed by atoms with van der Waals surface area (Å²) in [7, 11) is 0. The molecule has 0 heterocycles. The molecule has 29 heavy (non-hydrogen) atoms. The third kappa shape index (κ3) is 3.05. The molecule has 3 N–H and O–H groups in total. The second-order valence-corrected chi connectivity index (χ2v) is 7.27. The first-order valence-corrected chi connectivity index (χ1v) is 9.66. The Morgan fingerprint density at radius 2 is 1.28 bits per heavy atom. The minimum absolute atomic E-state index is 0.508. The molecule has 2 heteroatoms. The molecule has 0 unspecified atom stereocenters. The van der Waals surface area contributed by atoms with Crippen molar-refractivity contribution in [2.24, 2.45) is 0 Å². The van der Waals surface area contributed by atoms with Crippen LogP contribution in [-0.4, -0.2) is 5.71 Å². The van der Waals surface area contributed by atoms with Crippen LogP contribution in [0.1, 0.15) is 11.1 Å². The van der Waals surface area contributed by atoms with E-state index < -0.39 is 0 Å². The first kappa shape index (κ1) is 17.2. The molecule has 0 radical (unpaired) electrons. The second-order valence-electron chi connectivity index (χ2n) is 7.27. The fourth-order valence-electron chi connectivity index (χ4n) is 4.03. The smallest absolute Gasteiger partial charge is 0.0540 e. The van der Waals surface area contributed by atoms with E-state index in [-0.39, 0.29) is 0 Å². The van der Waals surface area contributed by atoms with Crippen LogP contribution < -0.4 is 5.73 Å². The highest BCUT2D eigenvalue weighted by Crippen LogP contribution is 2.38. The van der Waals surface area contributed by atoms with Crippen LogP contribution >= 0.6 is 0 Å². The van der Waals surface area contributed by atoms with E-state index in [0.717, 1.165) is 22.4 Å². The predicted molar refractivity (Wildman–Crippen MR) is 124 cm³/mol. The zero-order chi connectivity index (χ0) is 19.8. The van der Waals surface area contributed by atoms with E-state index in [9.17, 15) is 0 Å². The van der Waals surface area contributed by atoms with Crippen LogP contribution in [0.15, 0.2) is 109 Å². The predicted octanol–water partition coefficient (Wildman–Crippen LogP) is 6.52. The Labute approximate surface area is 169 Å². The number of nitrogens with two attached hydrogens (primary N) is 1. The summed E-state index contributed by atoms with van der Waals surface area (Å²) >= 11 is 0. The van der Waals surface area contributed by atoms with Crippen LogP contribution in [0.25, 0.3) is 27.1 Å². The van der Waals surface area contributed by atoms with Crippen LogP contribution in [0, 0.1) is 5.41 Å². The third-order valence-electron chi connectivity index (χ3n) is 5.41. The van der Waals surface area contributed by atoms with Crippen LogP contribution in [0.2, 0.25) is 0 Å². The number of nitrogens with one attached hydrogen (secondary N) is 1. The average molecular weight is 372 g/mol. The maximum atomic E-state index is 7.88. The molecule has 1 aliphatic rings. The number of rotatable bonds is 2. The van der Waals surface area contributed by atoms with Crippen molar-refractivity contribution < 1.29 is 0 Å². The van der Waals surface area contributed by atoms with Gasteiger partial charge in [0.15, 0.2) is 0 Å². The lowest BCUT2D eigenvalue weighted by atomic mass is 9.86. The molecule has 0 fully saturated rings. The fraction of sp³-hybridized carbons (Fsp3) is 0. The summed E-state index contributed by atoms with van der Waals surface area (Å²) in [6.07, 6.45) is 7.74. The molecule has 0 aromatic heterocycles. The van der Waals surface area contributed by atoms with Gasteiger partial charge in [0.2, 0.25) is 0 Å². The lowest BCUT2D eigenvalue weighted by molar-refractivity contribution is 1.50. The van der Waals surface area contributed by atoms with Crippen LogP contribution in [-0.2, 0) is 0 Å². The van der Waals surface area contributed by atoms with E-state index >= 15 is 0 Å². The normalized spacial score (nSPS) is 13.4. The minimum atomic E-state index is 0.508. The Morgan fingerprint density at radius 1 is 0.655 bits per heavy atom. The Kier molecular flexibility index (Phi) is 4.10. The molecule has 0 saturated carbocycles. The maximum Gasteiger partial charge on any atom is 0.0540 e. The Bertz CT molecular complexity index is 1330. The summed E-state index contributed by atoms with van der Waals surface area (Å²) in [5, 5.41) is 12.8. The zero-order valence-electron chi connectivity index (χ0n) is 15.9. The first-order valence-electron chi connectivity index (χ1n) is 9.66. The van der Waals surface area contributed by atoms with Gasteiger partial charge in [-0.25, -0.2) is 0 Å². The molecular formula is C27H20N2. The molecule has 0 spiro atoms. The van der Waals surface area contributed by atoms with Crippen LogP contribution in [0.3, 0.4) is 0 Å². The standard InChI is InChI=1S/C27H20N2/c28-21-13-9-18(10-14-21)27(19-11-15-22(29)16-12-19)26-17-20-5-1-2-6-23(20)24-7-3-4-8-25(24)26/h1-17,28H,29H2. The number of benzene rings is 4. The summed E-state index contributed by atoms with van der Waals surface area (Å²) in [5.41, 5.74) is 11.7. The van der Waals surface area contributed by atoms with Gasteiger partial charge in [0.05, 0.1) is 5.71 Å². The number of anilines is 1. The average Bonchev–Trinajstić information content (AvgIpc) is 2.76. The zero-order valence-corrected chi connectivity index (χ0v) is 15.9. The van der Waals surface area contributed by atoms with E-state index in [1.807, 2.05) is 36.4 Å². The molecule has 0 saturated heterocycles. The molecule has 4 aromatic rings. The van der Waals surface area contributed by atoms with Gasteiger partial charge in [0, 0.05) is 5.69 Å². The fourth-order valence-corrected chi connectivity index (χ4v) is 4.03. The van der Waals surface area contributed by atoms with Crippen molar-refractivity contribution in [1.82, 2.24) is 0 Å². The highest BCUT2D eigenvalue weighted by molar-refractivity contribution is 6.14. The van der Waals surface area contributed by atoms with Gasteiger partial charge < -0.3 is 11.1 Å². The van der Waals surface area contributed by atoms with Gasteiger partial charge in [-0.15, -0.1) is 0 Å². The second kappa shape index (κ2) is 6.92. The van der Waals surface area contributed by atoms with Gasteiger partial charge in [-0.2, -0.15) is 0 Å². The molecule has 0 amide bonds. The van der Waals surface area contributed by atoms with Crippen molar-refractivity contribution in [3.8, 4) is 0 Å². The molecule has 138 valence electrons. The van der Waals surface area contributed by atoms with Gasteiger partial charge in [0.25, 0.3) is 0 Å². The molecule has 0 atom stereocenters. The van der Waals surface area contributed by atoms with Gasteiger partial charge in [-0.3, -0.25) is 0 Å². The summed E-state index contributed by atoms with van der Waals surface area (Å²) in [5.74, 6) is 0. The van der Waals surface area contributed by atoms with E-state index in [1.165, 1.54) is 27.1 Å². The highest BCUT2D eigenvalue weighted by Gasteiger charge is 2.15. The monoisotopic (exact) mass is 372 g/mol. The van der Waals surface area contributed by atoms with Crippen molar-refractivity contribution in [2.45, 2.75) is 0 Å². The summed E-state index contributed by atoms with van der Waals surface area (Å²) in [4.78, 5) is 0. The lowest BCUT2D eigenvalue weighted by Crippen LogP contribution is -1.98. The third-order valence-corrected chi connectivity index (χ3v) is 5.41.